The number of aryl methyl sites for hydroxylation is 1. The first-order chi connectivity index (χ1) is 7.34. The van der Waals surface area contributed by atoms with E-state index < -0.39 is 17.6 Å². The molecular weight excluding hydrogens is 219 g/mol. The highest BCUT2D eigenvalue weighted by Crippen LogP contribution is 2.34. The second-order valence-electron chi connectivity index (χ2n) is 3.40. The van der Waals surface area contributed by atoms with E-state index in [1.807, 2.05) is 0 Å². The number of amides is 1. The lowest BCUT2D eigenvalue weighted by Gasteiger charge is -2.13. The minimum absolute atomic E-state index is 0.164. The number of halogens is 3. The molecule has 88 valence electrons. The van der Waals surface area contributed by atoms with Gasteiger partial charge in [0.25, 0.3) is 0 Å². The number of hydrogen-bond acceptors (Lipinski definition) is 1. The van der Waals surface area contributed by atoms with Crippen LogP contribution in [0.5, 0.6) is 0 Å². The zero-order chi connectivity index (χ0) is 12.3. The van der Waals surface area contributed by atoms with Crippen LogP contribution in [0.3, 0.4) is 0 Å². The smallest absolute Gasteiger partial charge is 0.326 e. The van der Waals surface area contributed by atoms with Crippen molar-refractivity contribution in [1.29, 1.82) is 0 Å². The molecule has 1 N–H and O–H groups in total. The molecule has 0 atom stereocenters. The molecule has 0 radical (unpaired) electrons. The van der Waals surface area contributed by atoms with E-state index in [4.69, 9.17) is 0 Å². The monoisotopic (exact) mass is 231 g/mol. The summed E-state index contributed by atoms with van der Waals surface area (Å²) in [5.41, 5.74) is -0.306. The molecule has 0 saturated heterocycles. The van der Waals surface area contributed by atoms with Crippen molar-refractivity contribution in [1.82, 2.24) is 0 Å². The Kier molecular flexibility index (Phi) is 3.57. The summed E-state index contributed by atoms with van der Waals surface area (Å²) < 4.78 is 37.9. The summed E-state index contributed by atoms with van der Waals surface area (Å²) in [6.45, 7) is 2.91. The molecule has 0 spiro atoms. The Morgan fingerprint density at radius 2 is 2.00 bits per heavy atom. The maximum Gasteiger partial charge on any atom is 0.416 e. The van der Waals surface area contributed by atoms with Crippen LogP contribution in [-0.4, -0.2) is 5.91 Å². The van der Waals surface area contributed by atoms with Gasteiger partial charge in [0.2, 0.25) is 5.91 Å². The molecule has 1 aromatic rings. The molecule has 5 heteroatoms. The van der Waals surface area contributed by atoms with Gasteiger partial charge in [0.15, 0.2) is 0 Å². The van der Waals surface area contributed by atoms with E-state index in [-0.39, 0.29) is 11.3 Å². The largest absolute Gasteiger partial charge is 0.416 e. The number of alkyl halides is 3. The first kappa shape index (κ1) is 12.5. The molecule has 0 aliphatic rings. The molecule has 2 nitrogen and oxygen atoms in total. The van der Waals surface area contributed by atoms with Gasteiger partial charge < -0.3 is 5.32 Å². The van der Waals surface area contributed by atoms with Gasteiger partial charge in [-0.15, -0.1) is 0 Å². The highest BCUT2D eigenvalue weighted by Gasteiger charge is 2.33. The predicted molar refractivity (Wildman–Crippen MR) is 55.1 cm³/mol. The van der Waals surface area contributed by atoms with Crippen LogP contribution in [0.4, 0.5) is 18.9 Å². The minimum Gasteiger partial charge on any atom is -0.326 e. The van der Waals surface area contributed by atoms with Crippen LogP contribution in [0.1, 0.15) is 25.0 Å². The summed E-state index contributed by atoms with van der Waals surface area (Å²) in [7, 11) is 0. The van der Waals surface area contributed by atoms with E-state index in [0.717, 1.165) is 6.07 Å². The van der Waals surface area contributed by atoms with Gasteiger partial charge in [-0.25, -0.2) is 0 Å². The van der Waals surface area contributed by atoms with Crippen LogP contribution in [0.15, 0.2) is 18.2 Å². The van der Waals surface area contributed by atoms with Gasteiger partial charge in [-0.05, 0) is 24.1 Å². The Balaban J connectivity index is 3.16. The fourth-order valence-electron chi connectivity index (χ4n) is 1.43. The first-order valence-electron chi connectivity index (χ1n) is 4.82. The topological polar surface area (TPSA) is 29.1 Å². The van der Waals surface area contributed by atoms with Gasteiger partial charge in [-0.2, -0.15) is 13.2 Å². The molecule has 1 aromatic carbocycles. The number of carbonyl (C=O) groups is 1. The number of carbonyl (C=O) groups excluding carboxylic acids is 1. The summed E-state index contributed by atoms with van der Waals surface area (Å²) in [5.74, 6) is -0.391. The number of nitrogens with one attached hydrogen (secondary N) is 1. The van der Waals surface area contributed by atoms with Gasteiger partial charge in [-0.1, -0.05) is 13.0 Å². The van der Waals surface area contributed by atoms with Gasteiger partial charge in [0, 0.05) is 12.6 Å². The fourth-order valence-corrected chi connectivity index (χ4v) is 1.43. The maximum atomic E-state index is 12.6. The van der Waals surface area contributed by atoms with Crippen molar-refractivity contribution in [2.24, 2.45) is 0 Å². The van der Waals surface area contributed by atoms with Crippen molar-refractivity contribution in [3.63, 3.8) is 0 Å². The molecule has 0 bridgehead atoms. The summed E-state index contributed by atoms with van der Waals surface area (Å²) >= 11 is 0. The fraction of sp³-hybridized carbons (Fsp3) is 0.364. The summed E-state index contributed by atoms with van der Waals surface area (Å²) in [5, 5.41) is 2.33. The van der Waals surface area contributed by atoms with E-state index in [0.29, 0.717) is 6.42 Å². The average molecular weight is 231 g/mol. The third-order valence-corrected chi connectivity index (χ3v) is 2.12. The molecule has 0 aliphatic heterocycles. The number of hydrogen-bond donors (Lipinski definition) is 1. The van der Waals surface area contributed by atoms with Crippen molar-refractivity contribution in [3.05, 3.63) is 29.3 Å². The number of benzene rings is 1. The minimum atomic E-state index is -4.39. The van der Waals surface area contributed by atoms with Crippen molar-refractivity contribution in [2.45, 2.75) is 26.4 Å². The van der Waals surface area contributed by atoms with E-state index in [1.165, 1.54) is 19.1 Å². The van der Waals surface area contributed by atoms with Crippen LogP contribution in [0.25, 0.3) is 0 Å². The quantitative estimate of drug-likeness (QED) is 0.831. The van der Waals surface area contributed by atoms with E-state index in [1.54, 1.807) is 6.92 Å². The lowest BCUT2D eigenvalue weighted by molar-refractivity contribution is -0.138. The molecule has 0 fully saturated rings. The molecule has 0 heterocycles. The van der Waals surface area contributed by atoms with Crippen LogP contribution < -0.4 is 5.32 Å². The van der Waals surface area contributed by atoms with E-state index >= 15 is 0 Å². The normalized spacial score (nSPS) is 11.3. The first-order valence-corrected chi connectivity index (χ1v) is 4.82. The molecule has 0 aliphatic carbocycles. The molecular formula is C11H12F3NO. The Bertz CT molecular complexity index is 399. The second kappa shape index (κ2) is 4.55. The third kappa shape index (κ3) is 2.98. The number of rotatable bonds is 2. The highest BCUT2D eigenvalue weighted by atomic mass is 19.4. The predicted octanol–water partition coefficient (Wildman–Crippen LogP) is 3.23. The molecule has 1 amide bonds. The zero-order valence-electron chi connectivity index (χ0n) is 8.98. The Labute approximate surface area is 91.5 Å². The Morgan fingerprint density at radius 3 is 2.44 bits per heavy atom. The van der Waals surface area contributed by atoms with Crippen molar-refractivity contribution >= 4 is 11.6 Å². The standard InChI is InChI=1S/C11H12F3NO/c1-3-8-4-5-9(15-7(2)16)6-10(8)11(12,13)14/h4-6H,3H2,1-2H3,(H,15,16). The van der Waals surface area contributed by atoms with Crippen molar-refractivity contribution in [2.75, 3.05) is 5.32 Å². The summed E-state index contributed by atoms with van der Waals surface area (Å²) in [4.78, 5) is 10.7. The Hall–Kier alpha value is -1.52. The lowest BCUT2D eigenvalue weighted by atomic mass is 10.0. The molecule has 1 rings (SSSR count). The van der Waals surface area contributed by atoms with Gasteiger partial charge in [0.1, 0.15) is 0 Å². The van der Waals surface area contributed by atoms with Crippen molar-refractivity contribution < 1.29 is 18.0 Å². The third-order valence-electron chi connectivity index (χ3n) is 2.12. The maximum absolute atomic E-state index is 12.6. The average Bonchev–Trinajstić information content (AvgIpc) is 2.15. The molecule has 0 saturated carbocycles. The number of anilines is 1. The summed E-state index contributed by atoms with van der Waals surface area (Å²) in [6, 6.07) is 3.81. The van der Waals surface area contributed by atoms with Gasteiger partial charge in [0.05, 0.1) is 5.56 Å². The van der Waals surface area contributed by atoms with Crippen molar-refractivity contribution in [3.8, 4) is 0 Å². The van der Waals surface area contributed by atoms with Gasteiger partial charge in [-0.3, -0.25) is 4.79 Å². The molecule has 0 unspecified atom stereocenters. The van der Waals surface area contributed by atoms with E-state index in [9.17, 15) is 18.0 Å². The molecule has 0 aromatic heterocycles. The summed E-state index contributed by atoms with van der Waals surface area (Å²) in [6.07, 6.45) is -4.09. The van der Waals surface area contributed by atoms with Crippen LogP contribution in [0.2, 0.25) is 0 Å². The zero-order valence-corrected chi connectivity index (χ0v) is 8.98. The van der Waals surface area contributed by atoms with Crippen LogP contribution in [0, 0.1) is 0 Å². The molecule has 16 heavy (non-hydrogen) atoms. The van der Waals surface area contributed by atoms with Crippen LogP contribution in [-0.2, 0) is 17.4 Å². The highest BCUT2D eigenvalue weighted by molar-refractivity contribution is 5.88. The Morgan fingerprint density at radius 1 is 1.38 bits per heavy atom. The second-order valence-corrected chi connectivity index (χ2v) is 3.40. The SMILES string of the molecule is CCc1ccc(NC(C)=O)cc1C(F)(F)F. The lowest BCUT2D eigenvalue weighted by Crippen LogP contribution is -2.11. The van der Waals surface area contributed by atoms with Gasteiger partial charge >= 0.3 is 6.18 Å². The van der Waals surface area contributed by atoms with Crippen LogP contribution >= 0.6 is 0 Å². The van der Waals surface area contributed by atoms with E-state index in [2.05, 4.69) is 5.32 Å².